The van der Waals surface area contributed by atoms with E-state index in [0.29, 0.717) is 64.8 Å². The molecule has 0 bridgehead atoms. The normalized spacial score (nSPS) is 24.4. The van der Waals surface area contributed by atoms with Gasteiger partial charge in [-0.05, 0) is 68.7 Å². The first-order valence-electron chi connectivity index (χ1n) is 19.9. The van der Waals surface area contributed by atoms with Crippen LogP contribution in [0.3, 0.4) is 0 Å². The third-order valence-electron chi connectivity index (χ3n) is 12.8. The van der Waals surface area contributed by atoms with Gasteiger partial charge in [-0.2, -0.15) is 10.1 Å². The number of piperidine rings is 2. The molecule has 3 atom stereocenters. The van der Waals surface area contributed by atoms with E-state index in [1.807, 2.05) is 23.9 Å². The van der Waals surface area contributed by atoms with Crippen molar-refractivity contribution in [3.8, 4) is 5.75 Å². The summed E-state index contributed by atoms with van der Waals surface area (Å²) in [7, 11) is 3.51. The van der Waals surface area contributed by atoms with Gasteiger partial charge in [-0.3, -0.25) is 24.4 Å². The average Bonchev–Trinajstić information content (AvgIpc) is 3.91. The Kier molecular flexibility index (Phi) is 8.59. The number of amides is 2. The van der Waals surface area contributed by atoms with Crippen molar-refractivity contribution in [1.82, 2.24) is 29.6 Å². The highest BCUT2D eigenvalue weighted by Gasteiger charge is 2.51. The zero-order chi connectivity index (χ0) is 40.1. The number of aryl methyl sites for hydroxylation is 2. The number of aromatic nitrogens is 5. The first kappa shape index (κ1) is 36.8. The molecule has 4 aliphatic heterocycles. The summed E-state index contributed by atoms with van der Waals surface area (Å²) in [5, 5.41) is 15.5. The number of rotatable bonds is 6. The van der Waals surface area contributed by atoms with E-state index in [1.165, 1.54) is 4.57 Å². The van der Waals surface area contributed by atoms with E-state index in [1.54, 1.807) is 31.4 Å². The van der Waals surface area contributed by atoms with Crippen LogP contribution in [0.4, 0.5) is 37.6 Å². The molecule has 17 heteroatoms. The zero-order valence-corrected chi connectivity index (χ0v) is 32.9. The van der Waals surface area contributed by atoms with Crippen molar-refractivity contribution in [1.29, 1.82) is 0 Å². The first-order valence-corrected chi connectivity index (χ1v) is 20.3. The van der Waals surface area contributed by atoms with Crippen molar-refractivity contribution in [3.05, 3.63) is 63.7 Å². The number of ether oxygens (including phenoxy) is 1. The van der Waals surface area contributed by atoms with Crippen LogP contribution in [0.1, 0.15) is 56.6 Å². The molecule has 2 amide bonds. The monoisotopic (exact) mass is 812 g/mol. The molecule has 3 aromatic heterocycles. The standard InChI is InChI=1S/C41H43ClF2N10O4/c1-51-28-11-9-23(17-26(28)32-34(38(51)57)58-21-41(43,44)35(48-32)22-7-8-22)46-36-27(42)18-45-39(49-36)54-15-4-13-40(20-54)14-16-53(19-40)29-6-3-5-24-31(50-52(2)33(24)29)25-10-12-30(55)47-37(25)56/h3,5-6,9,11,17-18,22,25,35,48H,4,7-8,10,12-16,19-21H2,1-2H3,(H,45,46,49)(H,47,55,56)/t25?,35-,40?/m0/s1. The molecular formula is C41H43ClF2N10O4. The predicted octanol–water partition coefficient (Wildman–Crippen LogP) is 5.85. The summed E-state index contributed by atoms with van der Waals surface area (Å²) in [6, 6.07) is 10.4. The molecule has 4 fully saturated rings. The highest BCUT2D eigenvalue weighted by Crippen LogP contribution is 2.47. The highest BCUT2D eigenvalue weighted by atomic mass is 35.5. The maximum absolute atomic E-state index is 15.2. The highest BCUT2D eigenvalue weighted by molar-refractivity contribution is 6.33. The van der Waals surface area contributed by atoms with Crippen molar-refractivity contribution < 1.29 is 23.1 Å². The average molecular weight is 813 g/mol. The third kappa shape index (κ3) is 6.18. The summed E-state index contributed by atoms with van der Waals surface area (Å²) < 4.78 is 39.2. The minimum atomic E-state index is -3.14. The summed E-state index contributed by atoms with van der Waals surface area (Å²) in [6.07, 6.45) is 6.70. The smallest absolute Gasteiger partial charge is 0.301 e. The Morgan fingerprint density at radius 3 is 2.64 bits per heavy atom. The van der Waals surface area contributed by atoms with E-state index in [0.717, 1.165) is 62.0 Å². The Morgan fingerprint density at radius 2 is 1.83 bits per heavy atom. The van der Waals surface area contributed by atoms with Crippen molar-refractivity contribution in [2.45, 2.75) is 62.8 Å². The summed E-state index contributed by atoms with van der Waals surface area (Å²) in [5.74, 6) is -3.51. The van der Waals surface area contributed by atoms with Gasteiger partial charge in [0.15, 0.2) is 12.4 Å². The molecule has 10 rings (SSSR count). The van der Waals surface area contributed by atoms with Gasteiger partial charge >= 0.3 is 5.92 Å². The lowest BCUT2D eigenvalue weighted by atomic mass is 9.79. The quantitative estimate of drug-likeness (QED) is 0.177. The van der Waals surface area contributed by atoms with E-state index in [4.69, 9.17) is 26.4 Å². The number of fused-ring (bicyclic) bond motifs is 4. The van der Waals surface area contributed by atoms with E-state index in [9.17, 15) is 14.4 Å². The predicted molar refractivity (Wildman–Crippen MR) is 217 cm³/mol. The second-order valence-electron chi connectivity index (χ2n) is 16.7. The topological polar surface area (TPSA) is 152 Å². The molecule has 2 unspecified atom stereocenters. The molecule has 3 saturated heterocycles. The van der Waals surface area contributed by atoms with Crippen molar-refractivity contribution >= 4 is 74.0 Å². The molecule has 5 aromatic rings. The lowest BCUT2D eigenvalue weighted by Crippen LogP contribution is -2.45. The van der Waals surface area contributed by atoms with Gasteiger partial charge in [0, 0.05) is 68.6 Å². The molecule has 14 nitrogen and oxygen atoms in total. The van der Waals surface area contributed by atoms with Gasteiger partial charge in [0.25, 0.3) is 5.56 Å². The Bertz CT molecular complexity index is 2590. The summed E-state index contributed by atoms with van der Waals surface area (Å²) in [6.45, 7) is 2.35. The zero-order valence-electron chi connectivity index (χ0n) is 32.2. The Balaban J connectivity index is 0.901. The number of benzene rings is 2. The van der Waals surface area contributed by atoms with Crippen molar-refractivity contribution in [3.63, 3.8) is 0 Å². The van der Waals surface area contributed by atoms with E-state index in [-0.39, 0.29) is 34.6 Å². The lowest BCUT2D eigenvalue weighted by Gasteiger charge is -2.40. The van der Waals surface area contributed by atoms with Gasteiger partial charge in [0.2, 0.25) is 23.5 Å². The summed E-state index contributed by atoms with van der Waals surface area (Å²) >= 11 is 6.69. The fourth-order valence-corrected chi connectivity index (χ4v) is 9.82. The third-order valence-corrected chi connectivity index (χ3v) is 13.0. The van der Waals surface area contributed by atoms with Crippen LogP contribution in [0, 0.1) is 11.3 Å². The number of hydrogen-bond donors (Lipinski definition) is 3. The number of anilines is 5. The number of para-hydroxylation sites is 1. The Morgan fingerprint density at radius 1 is 1.00 bits per heavy atom. The molecule has 7 heterocycles. The fourth-order valence-electron chi connectivity index (χ4n) is 9.68. The first-order chi connectivity index (χ1) is 27.9. The number of hydrogen-bond acceptors (Lipinski definition) is 11. The van der Waals surface area contributed by atoms with E-state index >= 15 is 8.78 Å². The summed E-state index contributed by atoms with van der Waals surface area (Å²) in [5.41, 5.74) is 3.68. The number of alkyl halides is 2. The van der Waals surface area contributed by atoms with Gasteiger partial charge in [0.1, 0.15) is 5.02 Å². The van der Waals surface area contributed by atoms with E-state index in [2.05, 4.69) is 36.8 Å². The molecule has 302 valence electrons. The van der Waals surface area contributed by atoms with E-state index < -0.39 is 30.0 Å². The van der Waals surface area contributed by atoms with Gasteiger partial charge in [0.05, 0.1) is 46.3 Å². The van der Waals surface area contributed by atoms with Crippen molar-refractivity contribution in [2.24, 2.45) is 25.4 Å². The molecular weight excluding hydrogens is 770 g/mol. The second kappa shape index (κ2) is 13.5. The maximum atomic E-state index is 15.2. The lowest BCUT2D eigenvalue weighted by molar-refractivity contribution is -0.134. The second-order valence-corrected chi connectivity index (χ2v) is 17.1. The fraction of sp³-hybridized carbons (Fsp3) is 0.463. The van der Waals surface area contributed by atoms with Crippen molar-refractivity contribution in [2.75, 3.05) is 53.2 Å². The molecule has 1 spiro atoms. The Labute approximate surface area is 336 Å². The number of carbonyl (C=O) groups is 2. The van der Waals surface area contributed by atoms with Crippen LogP contribution in [-0.4, -0.2) is 80.9 Å². The molecule has 2 aromatic carbocycles. The van der Waals surface area contributed by atoms with Crippen LogP contribution in [0.15, 0.2) is 47.4 Å². The molecule has 1 saturated carbocycles. The SMILES string of the molecule is Cn1nc(C2CCC(=O)NC2=O)c2cccc(N3CCC4(CCCN(c5ncc(Cl)c(Nc6ccc7c(c6)c6c(c(=O)n7C)OCC(F)(F)[C@H](C7CC7)N6)n5)C4)C3)c21. The van der Waals surface area contributed by atoms with Crippen LogP contribution in [-0.2, 0) is 23.7 Å². The largest absolute Gasteiger partial charge is 0.480 e. The minimum Gasteiger partial charge on any atom is -0.480 e. The maximum Gasteiger partial charge on any atom is 0.301 e. The van der Waals surface area contributed by atoms with Crippen LogP contribution in [0.25, 0.3) is 21.8 Å². The van der Waals surface area contributed by atoms with Gasteiger partial charge < -0.3 is 29.7 Å². The van der Waals surface area contributed by atoms with Crippen LogP contribution in [0.2, 0.25) is 5.02 Å². The Hall–Kier alpha value is -5.51. The summed E-state index contributed by atoms with van der Waals surface area (Å²) in [4.78, 5) is 52.1. The minimum absolute atomic E-state index is 0.0155. The van der Waals surface area contributed by atoms with Gasteiger partial charge in [-0.25, -0.2) is 13.8 Å². The molecule has 3 N–H and O–H groups in total. The molecule has 58 heavy (non-hydrogen) atoms. The van der Waals surface area contributed by atoms with Crippen LogP contribution in [0.5, 0.6) is 5.75 Å². The van der Waals surface area contributed by atoms with Gasteiger partial charge in [-0.1, -0.05) is 23.7 Å². The molecule has 0 radical (unpaired) electrons. The number of pyridine rings is 1. The van der Waals surface area contributed by atoms with Gasteiger partial charge in [-0.15, -0.1) is 0 Å². The number of nitrogens with zero attached hydrogens (tertiary/aromatic N) is 7. The molecule has 5 aliphatic rings. The van der Waals surface area contributed by atoms with Crippen LogP contribution >= 0.6 is 11.6 Å². The number of nitrogens with one attached hydrogen (secondary N) is 3. The number of carbonyl (C=O) groups excluding carboxylic acids is 2. The number of halogens is 3. The van der Waals surface area contributed by atoms with Crippen LogP contribution < -0.4 is 36.0 Å². The number of imide groups is 1. The molecule has 1 aliphatic carbocycles.